The number of nitrogens with zero attached hydrogens (tertiary/aromatic N) is 4. The van der Waals surface area contributed by atoms with Gasteiger partial charge in [-0.25, -0.2) is 14.8 Å². The van der Waals surface area contributed by atoms with Crippen LogP contribution in [0.2, 0.25) is 0 Å². The maximum absolute atomic E-state index is 12.2. The lowest BCUT2D eigenvalue weighted by atomic mass is 10.1. The summed E-state index contributed by atoms with van der Waals surface area (Å²) in [5.41, 5.74) is 3.35. The molecule has 0 aliphatic carbocycles. The van der Waals surface area contributed by atoms with Crippen molar-refractivity contribution in [2.75, 3.05) is 44.8 Å². The fourth-order valence-corrected chi connectivity index (χ4v) is 4.24. The second-order valence-corrected chi connectivity index (χ2v) is 8.05. The van der Waals surface area contributed by atoms with Crippen LogP contribution in [-0.4, -0.2) is 63.9 Å². The number of imidazole rings is 1. The molecule has 2 aromatic heterocycles. The lowest BCUT2D eigenvalue weighted by Gasteiger charge is -2.26. The number of ether oxygens (including phenoxy) is 2. The van der Waals surface area contributed by atoms with Crippen molar-refractivity contribution in [3.8, 4) is 5.75 Å². The van der Waals surface area contributed by atoms with Gasteiger partial charge in [0.05, 0.1) is 29.8 Å². The Hall–Kier alpha value is -3.43. The Morgan fingerprint density at radius 2 is 2.03 bits per heavy atom. The standard InChI is InChI=1S/C24H28N6O3/c1-2-30-21-14-19-18(13-20(21)28-24(30)31)23(27-16-26-19)25-15-17-5-3-4-6-22(17)33-12-9-29-7-10-32-11-8-29/h3-6,13-14,16H,2,7-12,15H2,1H3,(H,28,31)(H,25,26,27). The van der Waals surface area contributed by atoms with Crippen molar-refractivity contribution in [3.05, 3.63) is 58.8 Å². The molecule has 5 rings (SSSR count). The first kappa shape index (κ1) is 21.4. The van der Waals surface area contributed by atoms with Crippen molar-refractivity contribution >= 4 is 27.8 Å². The van der Waals surface area contributed by atoms with Crippen LogP contribution in [0.1, 0.15) is 12.5 Å². The van der Waals surface area contributed by atoms with E-state index in [-0.39, 0.29) is 5.69 Å². The minimum Gasteiger partial charge on any atom is -0.492 e. The number of aromatic nitrogens is 4. The van der Waals surface area contributed by atoms with Crippen molar-refractivity contribution in [1.29, 1.82) is 0 Å². The maximum atomic E-state index is 12.2. The van der Waals surface area contributed by atoms with E-state index in [0.29, 0.717) is 19.7 Å². The first-order valence-corrected chi connectivity index (χ1v) is 11.3. The van der Waals surface area contributed by atoms with Crippen LogP contribution in [0.4, 0.5) is 5.82 Å². The molecule has 0 unspecified atom stereocenters. The van der Waals surface area contributed by atoms with E-state index in [1.54, 1.807) is 10.9 Å². The van der Waals surface area contributed by atoms with E-state index >= 15 is 0 Å². The van der Waals surface area contributed by atoms with Gasteiger partial charge in [-0.1, -0.05) is 18.2 Å². The molecule has 1 aliphatic rings. The van der Waals surface area contributed by atoms with Gasteiger partial charge in [-0.3, -0.25) is 9.47 Å². The molecule has 0 amide bonds. The van der Waals surface area contributed by atoms with Crippen molar-refractivity contribution in [2.24, 2.45) is 0 Å². The third-order valence-electron chi connectivity index (χ3n) is 6.03. The number of anilines is 1. The van der Waals surface area contributed by atoms with E-state index in [2.05, 4.69) is 31.2 Å². The lowest BCUT2D eigenvalue weighted by Crippen LogP contribution is -2.38. The van der Waals surface area contributed by atoms with Gasteiger partial charge in [0.25, 0.3) is 0 Å². The van der Waals surface area contributed by atoms with Crippen LogP contribution in [-0.2, 0) is 17.8 Å². The van der Waals surface area contributed by atoms with Gasteiger partial charge >= 0.3 is 5.69 Å². The molecule has 3 heterocycles. The third kappa shape index (κ3) is 4.55. The lowest BCUT2D eigenvalue weighted by molar-refractivity contribution is 0.0322. The zero-order chi connectivity index (χ0) is 22.6. The predicted molar refractivity (Wildman–Crippen MR) is 128 cm³/mol. The molecule has 2 aromatic carbocycles. The highest BCUT2D eigenvalue weighted by Crippen LogP contribution is 2.26. The van der Waals surface area contributed by atoms with E-state index in [4.69, 9.17) is 9.47 Å². The van der Waals surface area contributed by atoms with Crippen molar-refractivity contribution in [3.63, 3.8) is 0 Å². The molecule has 172 valence electrons. The average Bonchev–Trinajstić information content (AvgIpc) is 3.16. The van der Waals surface area contributed by atoms with Crippen molar-refractivity contribution in [2.45, 2.75) is 20.0 Å². The minimum atomic E-state index is -0.117. The number of para-hydroxylation sites is 1. The summed E-state index contributed by atoms with van der Waals surface area (Å²) in [5.74, 6) is 1.58. The second kappa shape index (κ2) is 9.60. The van der Waals surface area contributed by atoms with Crippen LogP contribution in [0.15, 0.2) is 47.5 Å². The van der Waals surface area contributed by atoms with Gasteiger partial charge in [-0.2, -0.15) is 0 Å². The summed E-state index contributed by atoms with van der Waals surface area (Å²) < 4.78 is 13.2. The zero-order valence-electron chi connectivity index (χ0n) is 18.7. The summed E-state index contributed by atoms with van der Waals surface area (Å²) in [5, 5.41) is 4.29. The van der Waals surface area contributed by atoms with Crippen LogP contribution >= 0.6 is 0 Å². The van der Waals surface area contributed by atoms with Gasteiger partial charge in [0, 0.05) is 43.7 Å². The summed E-state index contributed by atoms with van der Waals surface area (Å²) in [6.07, 6.45) is 1.54. The summed E-state index contributed by atoms with van der Waals surface area (Å²) in [6.45, 7) is 8.11. The molecule has 9 nitrogen and oxygen atoms in total. The molecule has 9 heteroatoms. The Morgan fingerprint density at radius 1 is 1.18 bits per heavy atom. The van der Waals surface area contributed by atoms with Gasteiger partial charge in [0.1, 0.15) is 24.5 Å². The number of hydrogen-bond donors (Lipinski definition) is 2. The van der Waals surface area contributed by atoms with Gasteiger partial charge in [-0.05, 0) is 25.1 Å². The number of nitrogens with one attached hydrogen (secondary N) is 2. The molecular weight excluding hydrogens is 420 g/mol. The number of benzene rings is 2. The van der Waals surface area contributed by atoms with Crippen LogP contribution in [0.3, 0.4) is 0 Å². The van der Waals surface area contributed by atoms with Crippen LogP contribution < -0.4 is 15.7 Å². The Labute approximate surface area is 191 Å². The Bertz CT molecular complexity index is 1310. The molecule has 0 bridgehead atoms. The van der Waals surface area contributed by atoms with E-state index in [0.717, 1.165) is 71.9 Å². The van der Waals surface area contributed by atoms with Crippen LogP contribution in [0, 0.1) is 0 Å². The number of H-pyrrole nitrogens is 1. The largest absolute Gasteiger partial charge is 0.492 e. The van der Waals surface area contributed by atoms with Crippen molar-refractivity contribution in [1.82, 2.24) is 24.4 Å². The SMILES string of the molecule is CCn1c(=O)[nH]c2cc3c(NCc4ccccc4OCCN4CCOCC4)ncnc3cc21. The Kier molecular flexibility index (Phi) is 6.23. The van der Waals surface area contributed by atoms with Crippen LogP contribution in [0.5, 0.6) is 5.75 Å². The number of aromatic amines is 1. The number of morpholine rings is 1. The molecule has 1 fully saturated rings. The zero-order valence-corrected chi connectivity index (χ0v) is 18.7. The Morgan fingerprint density at radius 3 is 2.88 bits per heavy atom. The number of rotatable bonds is 8. The van der Waals surface area contributed by atoms with E-state index < -0.39 is 0 Å². The number of fused-ring (bicyclic) bond motifs is 2. The first-order valence-electron chi connectivity index (χ1n) is 11.3. The van der Waals surface area contributed by atoms with Crippen molar-refractivity contribution < 1.29 is 9.47 Å². The second-order valence-electron chi connectivity index (χ2n) is 8.05. The van der Waals surface area contributed by atoms with Gasteiger partial charge in [-0.15, -0.1) is 0 Å². The molecule has 4 aromatic rings. The van der Waals surface area contributed by atoms with E-state index in [1.165, 1.54) is 0 Å². The summed E-state index contributed by atoms with van der Waals surface area (Å²) >= 11 is 0. The highest BCUT2D eigenvalue weighted by molar-refractivity contribution is 5.98. The summed E-state index contributed by atoms with van der Waals surface area (Å²) in [7, 11) is 0. The molecule has 0 spiro atoms. The summed E-state index contributed by atoms with van der Waals surface area (Å²) in [4.78, 5) is 26.3. The average molecular weight is 449 g/mol. The topological polar surface area (TPSA) is 97.3 Å². The Balaban J connectivity index is 1.32. The molecule has 1 saturated heterocycles. The highest BCUT2D eigenvalue weighted by Gasteiger charge is 2.13. The molecule has 0 atom stereocenters. The highest BCUT2D eigenvalue weighted by atomic mass is 16.5. The normalized spacial score (nSPS) is 14.7. The smallest absolute Gasteiger partial charge is 0.326 e. The molecule has 0 saturated carbocycles. The quantitative estimate of drug-likeness (QED) is 0.428. The number of hydrogen-bond acceptors (Lipinski definition) is 7. The first-order chi connectivity index (χ1) is 16.2. The van der Waals surface area contributed by atoms with Crippen LogP contribution in [0.25, 0.3) is 21.9 Å². The molecular formula is C24H28N6O3. The molecule has 33 heavy (non-hydrogen) atoms. The van der Waals surface area contributed by atoms with E-state index in [1.807, 2.05) is 37.3 Å². The molecule has 0 radical (unpaired) electrons. The molecule has 2 N–H and O–H groups in total. The van der Waals surface area contributed by atoms with Gasteiger partial charge in [0.15, 0.2) is 0 Å². The molecule has 1 aliphatic heterocycles. The third-order valence-corrected chi connectivity index (χ3v) is 6.03. The van der Waals surface area contributed by atoms with Gasteiger partial charge < -0.3 is 19.8 Å². The predicted octanol–water partition coefficient (Wildman–Crippen LogP) is 2.62. The summed E-state index contributed by atoms with van der Waals surface area (Å²) in [6, 6.07) is 11.9. The fourth-order valence-electron chi connectivity index (χ4n) is 4.24. The van der Waals surface area contributed by atoms with E-state index in [9.17, 15) is 4.79 Å². The minimum absolute atomic E-state index is 0.117. The number of aryl methyl sites for hydroxylation is 1. The fraction of sp³-hybridized carbons (Fsp3) is 0.375. The maximum Gasteiger partial charge on any atom is 0.326 e. The monoisotopic (exact) mass is 448 g/mol. The van der Waals surface area contributed by atoms with Gasteiger partial charge in [0.2, 0.25) is 0 Å².